The van der Waals surface area contributed by atoms with E-state index in [-0.39, 0.29) is 0 Å². The van der Waals surface area contributed by atoms with Gasteiger partial charge in [0.15, 0.2) is 0 Å². The number of hydrogen-bond acceptors (Lipinski definition) is 2. The van der Waals surface area contributed by atoms with Crippen LogP contribution >= 0.6 is 0 Å². The predicted molar refractivity (Wildman–Crippen MR) is 55.6 cm³/mol. The fraction of sp³-hybridized carbons (Fsp3) is 0.167. The van der Waals surface area contributed by atoms with E-state index in [0.29, 0.717) is 18.7 Å². The van der Waals surface area contributed by atoms with Gasteiger partial charge in [-0.05, 0) is 23.8 Å². The summed E-state index contributed by atoms with van der Waals surface area (Å²) >= 11 is 0. The first-order chi connectivity index (χ1) is 7.74. The van der Waals surface area contributed by atoms with Crippen molar-refractivity contribution in [2.45, 2.75) is 13.1 Å². The highest BCUT2D eigenvalue weighted by Crippen LogP contribution is 2.08. The highest BCUT2D eigenvalue weighted by molar-refractivity contribution is 5.17. The van der Waals surface area contributed by atoms with E-state index in [1.165, 1.54) is 12.1 Å². The summed E-state index contributed by atoms with van der Waals surface area (Å²) in [6.07, 6.45) is 3.21. The van der Waals surface area contributed by atoms with Crippen molar-refractivity contribution in [1.82, 2.24) is 5.32 Å². The van der Waals surface area contributed by atoms with Crippen LogP contribution in [0.2, 0.25) is 0 Å². The summed E-state index contributed by atoms with van der Waals surface area (Å²) in [6, 6.07) is 5.32. The molecule has 0 aliphatic rings. The molecule has 2 rings (SSSR count). The Morgan fingerprint density at radius 1 is 1.00 bits per heavy atom. The van der Waals surface area contributed by atoms with Crippen molar-refractivity contribution in [2.75, 3.05) is 0 Å². The van der Waals surface area contributed by atoms with Gasteiger partial charge in [0.1, 0.15) is 11.6 Å². The van der Waals surface area contributed by atoms with Gasteiger partial charge in [-0.1, -0.05) is 0 Å². The van der Waals surface area contributed by atoms with Gasteiger partial charge in [0.2, 0.25) is 0 Å². The monoisotopic (exact) mass is 223 g/mol. The van der Waals surface area contributed by atoms with Crippen LogP contribution in [0.15, 0.2) is 41.2 Å². The lowest BCUT2D eigenvalue weighted by molar-refractivity contribution is 0.558. The van der Waals surface area contributed by atoms with Gasteiger partial charge in [0, 0.05) is 24.7 Å². The molecule has 0 fully saturated rings. The second-order valence-corrected chi connectivity index (χ2v) is 3.51. The van der Waals surface area contributed by atoms with Crippen molar-refractivity contribution in [1.29, 1.82) is 0 Å². The van der Waals surface area contributed by atoms with Gasteiger partial charge >= 0.3 is 0 Å². The van der Waals surface area contributed by atoms with E-state index >= 15 is 0 Å². The minimum absolute atomic E-state index is 0.417. The molecule has 2 aromatic rings. The molecule has 0 amide bonds. The molecule has 0 atom stereocenters. The molecule has 84 valence electrons. The number of nitrogens with one attached hydrogen (secondary N) is 1. The molecule has 0 aliphatic heterocycles. The van der Waals surface area contributed by atoms with Crippen molar-refractivity contribution in [3.63, 3.8) is 0 Å². The fourth-order valence-electron chi connectivity index (χ4n) is 1.46. The van der Waals surface area contributed by atoms with Crippen LogP contribution in [0, 0.1) is 11.6 Å². The van der Waals surface area contributed by atoms with Gasteiger partial charge in [0.05, 0.1) is 12.5 Å². The maximum absolute atomic E-state index is 12.8. The SMILES string of the molecule is Fc1cc(F)cc(CNCc2ccoc2)c1. The first-order valence-electron chi connectivity index (χ1n) is 4.91. The fourth-order valence-corrected chi connectivity index (χ4v) is 1.46. The molecule has 0 unspecified atom stereocenters. The second-order valence-electron chi connectivity index (χ2n) is 3.51. The Labute approximate surface area is 91.9 Å². The molecule has 0 saturated carbocycles. The van der Waals surface area contributed by atoms with Gasteiger partial charge < -0.3 is 9.73 Å². The Morgan fingerprint density at radius 2 is 1.69 bits per heavy atom. The topological polar surface area (TPSA) is 25.2 Å². The molecular weight excluding hydrogens is 212 g/mol. The maximum atomic E-state index is 12.8. The summed E-state index contributed by atoms with van der Waals surface area (Å²) in [4.78, 5) is 0. The average molecular weight is 223 g/mol. The lowest BCUT2D eigenvalue weighted by Crippen LogP contribution is -2.12. The molecule has 0 aliphatic carbocycles. The van der Waals surface area contributed by atoms with Crippen LogP contribution in [-0.4, -0.2) is 0 Å². The zero-order valence-electron chi connectivity index (χ0n) is 8.54. The smallest absolute Gasteiger partial charge is 0.126 e. The number of benzene rings is 1. The number of halogens is 2. The van der Waals surface area contributed by atoms with Gasteiger partial charge in [-0.15, -0.1) is 0 Å². The summed E-state index contributed by atoms with van der Waals surface area (Å²) in [6.45, 7) is 1.02. The van der Waals surface area contributed by atoms with Crippen molar-refractivity contribution in [2.24, 2.45) is 0 Å². The Hall–Kier alpha value is -1.68. The molecule has 1 N–H and O–H groups in total. The molecule has 2 nitrogen and oxygen atoms in total. The van der Waals surface area contributed by atoms with Crippen LogP contribution in [0.1, 0.15) is 11.1 Å². The van der Waals surface area contributed by atoms with Gasteiger partial charge in [-0.3, -0.25) is 0 Å². The summed E-state index contributed by atoms with van der Waals surface area (Å²) < 4.78 is 30.6. The summed E-state index contributed by atoms with van der Waals surface area (Å²) in [5, 5.41) is 3.07. The molecular formula is C12H11F2NO. The molecule has 0 spiro atoms. The summed E-state index contributed by atoms with van der Waals surface area (Å²) in [7, 11) is 0. The Kier molecular flexibility index (Phi) is 3.31. The minimum Gasteiger partial charge on any atom is -0.472 e. The predicted octanol–water partition coefficient (Wildman–Crippen LogP) is 2.85. The Bertz CT molecular complexity index is 434. The number of furan rings is 1. The zero-order chi connectivity index (χ0) is 11.4. The van der Waals surface area contributed by atoms with Crippen molar-refractivity contribution < 1.29 is 13.2 Å². The van der Waals surface area contributed by atoms with E-state index in [1.807, 2.05) is 6.07 Å². The first-order valence-corrected chi connectivity index (χ1v) is 4.91. The van der Waals surface area contributed by atoms with Crippen LogP contribution < -0.4 is 5.32 Å². The maximum Gasteiger partial charge on any atom is 0.126 e. The quantitative estimate of drug-likeness (QED) is 0.862. The van der Waals surface area contributed by atoms with E-state index in [9.17, 15) is 8.78 Å². The Morgan fingerprint density at radius 3 is 2.31 bits per heavy atom. The van der Waals surface area contributed by atoms with Crippen molar-refractivity contribution in [3.8, 4) is 0 Å². The van der Waals surface area contributed by atoms with Gasteiger partial charge in [-0.2, -0.15) is 0 Å². The summed E-state index contributed by atoms with van der Waals surface area (Å²) in [5.41, 5.74) is 1.58. The Balaban J connectivity index is 1.89. The normalized spacial score (nSPS) is 10.6. The lowest BCUT2D eigenvalue weighted by atomic mass is 10.2. The van der Waals surface area contributed by atoms with E-state index < -0.39 is 11.6 Å². The third kappa shape index (κ3) is 2.90. The highest BCUT2D eigenvalue weighted by atomic mass is 19.1. The zero-order valence-corrected chi connectivity index (χ0v) is 8.54. The molecule has 1 heterocycles. The van der Waals surface area contributed by atoms with Crippen LogP contribution in [0.4, 0.5) is 8.78 Å². The average Bonchev–Trinajstić information content (AvgIpc) is 2.69. The lowest BCUT2D eigenvalue weighted by Gasteiger charge is -2.03. The molecule has 16 heavy (non-hydrogen) atoms. The van der Waals surface area contributed by atoms with E-state index in [4.69, 9.17) is 4.42 Å². The number of rotatable bonds is 4. The largest absolute Gasteiger partial charge is 0.472 e. The minimum atomic E-state index is -0.555. The molecule has 4 heteroatoms. The molecule has 1 aromatic heterocycles. The molecule has 0 radical (unpaired) electrons. The third-order valence-electron chi connectivity index (χ3n) is 2.16. The van der Waals surface area contributed by atoms with Crippen LogP contribution in [0.5, 0.6) is 0 Å². The first kappa shape index (κ1) is 10.8. The van der Waals surface area contributed by atoms with Crippen LogP contribution in [0.3, 0.4) is 0 Å². The van der Waals surface area contributed by atoms with Crippen molar-refractivity contribution in [3.05, 3.63) is 59.6 Å². The van der Waals surface area contributed by atoms with Crippen LogP contribution in [-0.2, 0) is 13.1 Å². The van der Waals surface area contributed by atoms with E-state index in [1.54, 1.807) is 12.5 Å². The summed E-state index contributed by atoms with van der Waals surface area (Å²) in [5.74, 6) is -1.11. The molecule has 1 aromatic carbocycles. The van der Waals surface area contributed by atoms with Crippen LogP contribution in [0.25, 0.3) is 0 Å². The van der Waals surface area contributed by atoms with Gasteiger partial charge in [0.25, 0.3) is 0 Å². The molecule has 0 bridgehead atoms. The molecule has 0 saturated heterocycles. The van der Waals surface area contributed by atoms with Gasteiger partial charge in [-0.25, -0.2) is 8.78 Å². The van der Waals surface area contributed by atoms with E-state index in [2.05, 4.69) is 5.32 Å². The van der Waals surface area contributed by atoms with E-state index in [0.717, 1.165) is 11.6 Å². The van der Waals surface area contributed by atoms with Crippen molar-refractivity contribution >= 4 is 0 Å². The highest BCUT2D eigenvalue weighted by Gasteiger charge is 2.00. The number of hydrogen-bond donors (Lipinski definition) is 1. The standard InChI is InChI=1S/C12H11F2NO/c13-11-3-10(4-12(14)5-11)7-15-6-9-1-2-16-8-9/h1-5,8,15H,6-7H2. The third-order valence-corrected chi connectivity index (χ3v) is 2.16. The second kappa shape index (κ2) is 4.90.